The Bertz CT molecular complexity index is 675. The zero-order valence-electron chi connectivity index (χ0n) is 13.4. The number of amides is 2. The van der Waals surface area contributed by atoms with Crippen LogP contribution in [0.2, 0.25) is 0 Å². The standard InChI is InChI=1S/C16H20N4O4/c1-12(9-20-6-4-17-10-20)19-16(21)18-5-7-22-13-2-3-14-15(8-13)24-11-23-14/h2-4,6,8,10,12H,5,7,9,11H2,1H3,(H2,18,19,21)/t12-/m0/s1. The summed E-state index contributed by atoms with van der Waals surface area (Å²) in [6.07, 6.45) is 5.28. The highest BCUT2D eigenvalue weighted by molar-refractivity contribution is 5.74. The quantitative estimate of drug-likeness (QED) is 0.748. The summed E-state index contributed by atoms with van der Waals surface area (Å²) in [5.74, 6) is 2.06. The fourth-order valence-corrected chi connectivity index (χ4v) is 2.33. The summed E-state index contributed by atoms with van der Waals surface area (Å²) in [5, 5.41) is 5.62. The molecular formula is C16H20N4O4. The van der Waals surface area contributed by atoms with Gasteiger partial charge in [-0.1, -0.05) is 0 Å². The number of imidazole rings is 1. The third-order valence-electron chi connectivity index (χ3n) is 3.42. The van der Waals surface area contributed by atoms with Gasteiger partial charge in [0.1, 0.15) is 12.4 Å². The Labute approximate surface area is 139 Å². The van der Waals surface area contributed by atoms with Crippen LogP contribution in [0, 0.1) is 0 Å². The summed E-state index contributed by atoms with van der Waals surface area (Å²) in [5.41, 5.74) is 0. The molecule has 0 spiro atoms. The number of urea groups is 1. The van der Waals surface area contributed by atoms with Gasteiger partial charge in [0.25, 0.3) is 0 Å². The summed E-state index contributed by atoms with van der Waals surface area (Å²) in [6, 6.07) is 5.15. The average molecular weight is 332 g/mol. The highest BCUT2D eigenvalue weighted by atomic mass is 16.7. The van der Waals surface area contributed by atoms with Gasteiger partial charge in [0.05, 0.1) is 12.9 Å². The van der Waals surface area contributed by atoms with Gasteiger partial charge in [-0.15, -0.1) is 0 Å². The van der Waals surface area contributed by atoms with Crippen LogP contribution in [0.15, 0.2) is 36.9 Å². The van der Waals surface area contributed by atoms with Gasteiger partial charge in [0.2, 0.25) is 6.79 Å². The molecule has 0 saturated carbocycles. The number of fused-ring (bicyclic) bond motifs is 1. The Morgan fingerprint density at radius 2 is 2.29 bits per heavy atom. The van der Waals surface area contributed by atoms with E-state index in [9.17, 15) is 4.79 Å². The number of nitrogens with zero attached hydrogens (tertiary/aromatic N) is 2. The van der Waals surface area contributed by atoms with Crippen LogP contribution < -0.4 is 24.8 Å². The maximum atomic E-state index is 11.8. The molecular weight excluding hydrogens is 312 g/mol. The van der Waals surface area contributed by atoms with Crippen LogP contribution >= 0.6 is 0 Å². The fourth-order valence-electron chi connectivity index (χ4n) is 2.33. The minimum absolute atomic E-state index is 0.00558. The van der Waals surface area contributed by atoms with Crippen molar-refractivity contribution in [2.75, 3.05) is 19.9 Å². The molecule has 1 atom stereocenters. The normalized spacial score (nSPS) is 13.4. The molecule has 2 amide bonds. The Morgan fingerprint density at radius 1 is 1.42 bits per heavy atom. The van der Waals surface area contributed by atoms with Crippen LogP contribution in [-0.4, -0.2) is 41.6 Å². The molecule has 3 rings (SSSR count). The minimum atomic E-state index is -0.225. The molecule has 0 saturated heterocycles. The lowest BCUT2D eigenvalue weighted by Gasteiger charge is -2.15. The monoisotopic (exact) mass is 332 g/mol. The largest absolute Gasteiger partial charge is 0.492 e. The first kappa shape index (κ1) is 16.0. The van der Waals surface area contributed by atoms with E-state index in [1.165, 1.54) is 0 Å². The molecule has 0 unspecified atom stereocenters. The number of carbonyl (C=O) groups is 1. The van der Waals surface area contributed by atoms with Gasteiger partial charge < -0.3 is 29.4 Å². The molecule has 2 N–H and O–H groups in total. The lowest BCUT2D eigenvalue weighted by molar-refractivity contribution is 0.173. The van der Waals surface area contributed by atoms with Crippen molar-refractivity contribution in [3.05, 3.63) is 36.9 Å². The molecule has 0 radical (unpaired) electrons. The van der Waals surface area contributed by atoms with Crippen molar-refractivity contribution in [1.82, 2.24) is 20.2 Å². The van der Waals surface area contributed by atoms with E-state index in [1.807, 2.05) is 17.7 Å². The number of aromatic nitrogens is 2. The van der Waals surface area contributed by atoms with Crippen molar-refractivity contribution in [3.63, 3.8) is 0 Å². The number of hydrogen-bond donors (Lipinski definition) is 2. The van der Waals surface area contributed by atoms with Crippen LogP contribution in [0.5, 0.6) is 17.2 Å². The first-order valence-corrected chi connectivity index (χ1v) is 7.73. The Kier molecular flexibility index (Phi) is 5.05. The number of carbonyl (C=O) groups excluding carboxylic acids is 1. The zero-order chi connectivity index (χ0) is 16.8. The van der Waals surface area contributed by atoms with E-state index in [-0.39, 0.29) is 18.9 Å². The lowest BCUT2D eigenvalue weighted by Crippen LogP contribution is -2.43. The van der Waals surface area contributed by atoms with E-state index in [4.69, 9.17) is 14.2 Å². The summed E-state index contributed by atoms with van der Waals surface area (Å²) < 4.78 is 18.0. The third kappa shape index (κ3) is 4.31. The molecule has 8 heteroatoms. The fraction of sp³-hybridized carbons (Fsp3) is 0.375. The van der Waals surface area contributed by atoms with E-state index >= 15 is 0 Å². The topological polar surface area (TPSA) is 86.6 Å². The number of nitrogens with one attached hydrogen (secondary N) is 2. The van der Waals surface area contributed by atoms with Gasteiger partial charge in [0, 0.05) is 31.0 Å². The van der Waals surface area contributed by atoms with Crippen LogP contribution in [-0.2, 0) is 6.54 Å². The summed E-state index contributed by atoms with van der Waals surface area (Å²) >= 11 is 0. The first-order chi connectivity index (χ1) is 11.7. The summed E-state index contributed by atoms with van der Waals surface area (Å²) in [4.78, 5) is 15.8. The molecule has 2 heterocycles. The second kappa shape index (κ2) is 7.58. The van der Waals surface area contributed by atoms with Crippen molar-refractivity contribution < 1.29 is 19.0 Å². The third-order valence-corrected chi connectivity index (χ3v) is 3.42. The Balaban J connectivity index is 1.33. The smallest absolute Gasteiger partial charge is 0.315 e. The highest BCUT2D eigenvalue weighted by Crippen LogP contribution is 2.34. The van der Waals surface area contributed by atoms with Crippen molar-refractivity contribution >= 4 is 6.03 Å². The molecule has 0 bridgehead atoms. The number of ether oxygens (including phenoxy) is 3. The van der Waals surface area contributed by atoms with Gasteiger partial charge in [-0.25, -0.2) is 9.78 Å². The predicted octanol–water partition coefficient (Wildman–Crippen LogP) is 1.38. The number of hydrogen-bond acceptors (Lipinski definition) is 5. The molecule has 8 nitrogen and oxygen atoms in total. The number of rotatable bonds is 7. The molecule has 1 aliphatic rings. The first-order valence-electron chi connectivity index (χ1n) is 7.73. The molecule has 1 aromatic heterocycles. The van der Waals surface area contributed by atoms with Crippen LogP contribution in [0.25, 0.3) is 0 Å². The Morgan fingerprint density at radius 3 is 3.12 bits per heavy atom. The molecule has 128 valence electrons. The molecule has 1 aromatic carbocycles. The van der Waals surface area contributed by atoms with Crippen molar-refractivity contribution in [1.29, 1.82) is 0 Å². The maximum Gasteiger partial charge on any atom is 0.315 e. The summed E-state index contributed by atoms with van der Waals surface area (Å²) in [6.45, 7) is 3.60. The molecule has 0 fully saturated rings. The molecule has 0 aliphatic carbocycles. The van der Waals surface area contributed by atoms with Crippen molar-refractivity contribution in [2.24, 2.45) is 0 Å². The average Bonchev–Trinajstić information content (AvgIpc) is 3.22. The van der Waals surface area contributed by atoms with Crippen LogP contribution in [0.1, 0.15) is 6.92 Å². The van der Waals surface area contributed by atoms with Gasteiger partial charge in [-0.2, -0.15) is 0 Å². The minimum Gasteiger partial charge on any atom is -0.492 e. The second-order valence-corrected chi connectivity index (χ2v) is 5.42. The van der Waals surface area contributed by atoms with Gasteiger partial charge in [-0.3, -0.25) is 0 Å². The SMILES string of the molecule is C[C@@H](Cn1ccnc1)NC(=O)NCCOc1ccc2c(c1)OCO2. The maximum absolute atomic E-state index is 11.8. The molecule has 24 heavy (non-hydrogen) atoms. The van der Waals surface area contributed by atoms with Gasteiger partial charge in [0.15, 0.2) is 11.5 Å². The van der Waals surface area contributed by atoms with Crippen LogP contribution in [0.3, 0.4) is 0 Å². The molecule has 1 aliphatic heterocycles. The van der Waals surface area contributed by atoms with E-state index < -0.39 is 0 Å². The van der Waals surface area contributed by atoms with Gasteiger partial charge in [-0.05, 0) is 19.1 Å². The van der Waals surface area contributed by atoms with Crippen LogP contribution in [0.4, 0.5) is 4.79 Å². The van der Waals surface area contributed by atoms with E-state index in [0.717, 1.165) is 0 Å². The predicted molar refractivity (Wildman–Crippen MR) is 86.3 cm³/mol. The van der Waals surface area contributed by atoms with E-state index in [1.54, 1.807) is 30.7 Å². The van der Waals surface area contributed by atoms with Crippen molar-refractivity contribution in [2.45, 2.75) is 19.5 Å². The molecule has 2 aromatic rings. The highest BCUT2D eigenvalue weighted by Gasteiger charge is 2.13. The lowest BCUT2D eigenvalue weighted by atomic mass is 10.3. The van der Waals surface area contributed by atoms with E-state index in [2.05, 4.69) is 15.6 Å². The Hall–Kier alpha value is -2.90. The second-order valence-electron chi connectivity index (χ2n) is 5.42. The zero-order valence-corrected chi connectivity index (χ0v) is 13.4. The number of benzene rings is 1. The summed E-state index contributed by atoms with van der Waals surface area (Å²) in [7, 11) is 0. The van der Waals surface area contributed by atoms with E-state index in [0.29, 0.717) is 36.9 Å². The van der Waals surface area contributed by atoms with Gasteiger partial charge >= 0.3 is 6.03 Å². The van der Waals surface area contributed by atoms with Crippen molar-refractivity contribution in [3.8, 4) is 17.2 Å².